The highest BCUT2D eigenvalue weighted by Gasteiger charge is 2.13. The number of amides is 1. The van der Waals surface area contributed by atoms with Crippen LogP contribution < -0.4 is 5.32 Å². The molecule has 6 heteroatoms. The molecule has 0 fully saturated rings. The first-order valence-corrected chi connectivity index (χ1v) is 8.96. The van der Waals surface area contributed by atoms with Crippen LogP contribution in [-0.4, -0.2) is 36.4 Å². The normalized spacial score (nSPS) is 10.7. The lowest BCUT2D eigenvalue weighted by molar-refractivity contribution is 0.0951. The van der Waals surface area contributed by atoms with Crippen LogP contribution in [0.3, 0.4) is 0 Å². The van der Waals surface area contributed by atoms with Gasteiger partial charge in [-0.25, -0.2) is 0 Å². The van der Waals surface area contributed by atoms with Gasteiger partial charge in [0.15, 0.2) is 0 Å². The molecule has 1 heterocycles. The Hall–Kier alpha value is -2.99. The largest absolute Gasteiger partial charge is 0.416 e. The molecule has 6 nitrogen and oxygen atoms in total. The van der Waals surface area contributed by atoms with Gasteiger partial charge in [0, 0.05) is 37.0 Å². The molecule has 27 heavy (non-hydrogen) atoms. The van der Waals surface area contributed by atoms with E-state index in [1.165, 1.54) is 0 Å². The van der Waals surface area contributed by atoms with Crippen molar-refractivity contribution in [3.05, 3.63) is 59.7 Å². The van der Waals surface area contributed by atoms with Gasteiger partial charge in [0.05, 0.1) is 0 Å². The maximum Gasteiger partial charge on any atom is 0.251 e. The number of aryl methyl sites for hydroxylation is 1. The molecule has 0 atom stereocenters. The van der Waals surface area contributed by atoms with Gasteiger partial charge in [-0.05, 0) is 55.7 Å². The van der Waals surface area contributed by atoms with E-state index in [4.69, 9.17) is 9.15 Å². The molecule has 0 saturated carbocycles. The predicted molar refractivity (Wildman–Crippen MR) is 103 cm³/mol. The molecule has 0 bridgehead atoms. The van der Waals surface area contributed by atoms with E-state index in [1.54, 1.807) is 19.2 Å². The minimum atomic E-state index is -0.0925. The summed E-state index contributed by atoms with van der Waals surface area (Å²) < 4.78 is 10.8. The van der Waals surface area contributed by atoms with Crippen LogP contribution in [0, 0.1) is 6.92 Å². The number of nitrogens with zero attached hydrogens (tertiary/aromatic N) is 2. The van der Waals surface area contributed by atoms with Gasteiger partial charge >= 0.3 is 0 Å². The standard InChI is InChI=1S/C21H23N3O3/c1-15-7-3-4-8-18(15)21-24-23-20(27-21)17-11-9-16(10-12-17)19(25)22-13-5-6-14-26-2/h3-4,7-12H,5-6,13-14H2,1-2H3,(H,22,25). The van der Waals surface area contributed by atoms with E-state index in [0.29, 0.717) is 30.5 Å². The lowest BCUT2D eigenvalue weighted by Crippen LogP contribution is -2.24. The van der Waals surface area contributed by atoms with Crippen molar-refractivity contribution in [2.75, 3.05) is 20.3 Å². The van der Waals surface area contributed by atoms with Crippen LogP contribution in [0.1, 0.15) is 28.8 Å². The third-order valence-corrected chi connectivity index (χ3v) is 4.26. The maximum absolute atomic E-state index is 12.2. The van der Waals surface area contributed by atoms with Crippen LogP contribution in [0.5, 0.6) is 0 Å². The summed E-state index contributed by atoms with van der Waals surface area (Å²) in [4.78, 5) is 12.2. The van der Waals surface area contributed by atoms with Crippen molar-refractivity contribution in [1.82, 2.24) is 15.5 Å². The zero-order valence-electron chi connectivity index (χ0n) is 15.6. The highest BCUT2D eigenvalue weighted by atomic mass is 16.5. The number of rotatable bonds is 8. The van der Waals surface area contributed by atoms with Crippen molar-refractivity contribution in [2.45, 2.75) is 19.8 Å². The van der Waals surface area contributed by atoms with E-state index in [9.17, 15) is 4.79 Å². The SMILES string of the molecule is COCCCCNC(=O)c1ccc(-c2nnc(-c3ccccc3C)o2)cc1. The molecule has 1 N–H and O–H groups in total. The minimum Gasteiger partial charge on any atom is -0.416 e. The molecule has 0 saturated heterocycles. The molecule has 0 aliphatic carbocycles. The van der Waals surface area contributed by atoms with Gasteiger partial charge in [0.25, 0.3) is 5.91 Å². The van der Waals surface area contributed by atoms with Crippen molar-refractivity contribution in [1.29, 1.82) is 0 Å². The third kappa shape index (κ3) is 4.80. The molecule has 3 aromatic rings. The number of carbonyl (C=O) groups excluding carboxylic acids is 1. The van der Waals surface area contributed by atoms with Crippen LogP contribution in [0.2, 0.25) is 0 Å². The van der Waals surface area contributed by atoms with Crippen LogP contribution in [0.15, 0.2) is 52.9 Å². The average molecular weight is 365 g/mol. The molecular formula is C21H23N3O3. The highest BCUT2D eigenvalue weighted by Crippen LogP contribution is 2.26. The zero-order valence-corrected chi connectivity index (χ0v) is 15.6. The Bertz CT molecular complexity index is 888. The monoisotopic (exact) mass is 365 g/mol. The molecule has 0 unspecified atom stereocenters. The predicted octanol–water partition coefficient (Wildman–Crippen LogP) is 3.87. The number of benzene rings is 2. The number of methoxy groups -OCH3 is 1. The van der Waals surface area contributed by atoms with Gasteiger partial charge in [-0.1, -0.05) is 18.2 Å². The number of aromatic nitrogens is 2. The molecule has 1 aromatic heterocycles. The summed E-state index contributed by atoms with van der Waals surface area (Å²) in [6.07, 6.45) is 1.82. The fraction of sp³-hybridized carbons (Fsp3) is 0.286. The summed E-state index contributed by atoms with van der Waals surface area (Å²) in [6.45, 7) is 3.34. The summed E-state index contributed by atoms with van der Waals surface area (Å²) in [5, 5.41) is 11.2. The number of carbonyl (C=O) groups is 1. The molecule has 3 rings (SSSR count). The van der Waals surface area contributed by atoms with Crippen LogP contribution >= 0.6 is 0 Å². The molecule has 140 valence electrons. The van der Waals surface area contributed by atoms with Gasteiger partial charge in [0.2, 0.25) is 11.8 Å². The number of hydrogen-bond acceptors (Lipinski definition) is 5. The van der Waals surface area contributed by atoms with E-state index < -0.39 is 0 Å². The van der Waals surface area contributed by atoms with Crippen molar-refractivity contribution >= 4 is 5.91 Å². The Labute approximate surface area is 158 Å². The van der Waals surface area contributed by atoms with Gasteiger partial charge in [-0.3, -0.25) is 4.79 Å². The van der Waals surface area contributed by atoms with Crippen molar-refractivity contribution in [3.8, 4) is 22.9 Å². The minimum absolute atomic E-state index is 0.0925. The first-order valence-electron chi connectivity index (χ1n) is 8.96. The summed E-state index contributed by atoms with van der Waals surface area (Å²) in [6, 6.07) is 15.0. The molecule has 2 aromatic carbocycles. The second-order valence-electron chi connectivity index (χ2n) is 6.26. The van der Waals surface area contributed by atoms with E-state index in [-0.39, 0.29) is 5.91 Å². The highest BCUT2D eigenvalue weighted by molar-refractivity contribution is 5.94. The first-order chi connectivity index (χ1) is 13.2. The molecule has 1 amide bonds. The zero-order chi connectivity index (χ0) is 19.1. The lowest BCUT2D eigenvalue weighted by atomic mass is 10.1. The molecular weight excluding hydrogens is 342 g/mol. The topological polar surface area (TPSA) is 77.2 Å². The summed E-state index contributed by atoms with van der Waals surface area (Å²) >= 11 is 0. The van der Waals surface area contributed by atoms with Gasteiger partial charge in [-0.15, -0.1) is 10.2 Å². The molecule has 0 aliphatic heterocycles. The molecule has 0 radical (unpaired) electrons. The number of unbranched alkanes of at least 4 members (excludes halogenated alkanes) is 1. The Balaban J connectivity index is 1.64. The van der Waals surface area contributed by atoms with Gasteiger partial charge < -0.3 is 14.5 Å². The number of hydrogen-bond donors (Lipinski definition) is 1. The Morgan fingerprint density at radius 1 is 1.04 bits per heavy atom. The van der Waals surface area contributed by atoms with Crippen molar-refractivity contribution < 1.29 is 13.9 Å². The van der Waals surface area contributed by atoms with E-state index in [2.05, 4.69) is 15.5 Å². The van der Waals surface area contributed by atoms with Crippen LogP contribution in [-0.2, 0) is 4.74 Å². The third-order valence-electron chi connectivity index (χ3n) is 4.26. The molecule has 0 aliphatic rings. The lowest BCUT2D eigenvalue weighted by Gasteiger charge is -2.05. The summed E-state index contributed by atoms with van der Waals surface area (Å²) in [7, 11) is 1.67. The second kappa shape index (κ2) is 9.09. The van der Waals surface area contributed by atoms with Crippen LogP contribution in [0.25, 0.3) is 22.9 Å². The molecule has 0 spiro atoms. The van der Waals surface area contributed by atoms with Gasteiger partial charge in [0.1, 0.15) is 0 Å². The Morgan fingerprint density at radius 2 is 1.78 bits per heavy atom. The maximum atomic E-state index is 12.2. The Kier molecular flexibility index (Phi) is 6.33. The summed E-state index contributed by atoms with van der Waals surface area (Å²) in [5.41, 5.74) is 3.37. The fourth-order valence-electron chi connectivity index (χ4n) is 2.70. The average Bonchev–Trinajstić information content (AvgIpc) is 3.18. The van der Waals surface area contributed by atoms with Gasteiger partial charge in [-0.2, -0.15) is 0 Å². The second-order valence-corrected chi connectivity index (χ2v) is 6.26. The van der Waals surface area contributed by atoms with E-state index in [1.807, 2.05) is 43.3 Å². The number of nitrogens with one attached hydrogen (secondary N) is 1. The van der Waals surface area contributed by atoms with Crippen molar-refractivity contribution in [3.63, 3.8) is 0 Å². The van der Waals surface area contributed by atoms with E-state index >= 15 is 0 Å². The fourth-order valence-corrected chi connectivity index (χ4v) is 2.70. The summed E-state index contributed by atoms with van der Waals surface area (Å²) in [5.74, 6) is 0.825. The smallest absolute Gasteiger partial charge is 0.251 e. The van der Waals surface area contributed by atoms with Crippen molar-refractivity contribution in [2.24, 2.45) is 0 Å². The first kappa shape index (κ1) is 18.8. The number of ether oxygens (including phenoxy) is 1. The van der Waals surface area contributed by atoms with Crippen LogP contribution in [0.4, 0.5) is 0 Å². The quantitative estimate of drug-likeness (QED) is 0.613. The Morgan fingerprint density at radius 3 is 2.52 bits per heavy atom. The van der Waals surface area contributed by atoms with E-state index in [0.717, 1.165) is 29.5 Å².